The second-order valence-corrected chi connectivity index (χ2v) is 4.07. The number of nitrogens with zero attached hydrogens (tertiary/aromatic N) is 1. The lowest BCUT2D eigenvalue weighted by Gasteiger charge is -2.08. The number of rotatable bonds is 2. The molecule has 0 saturated carbocycles. The van der Waals surface area contributed by atoms with Gasteiger partial charge in [-0.1, -0.05) is 11.6 Å². The first kappa shape index (κ1) is 13.2. The minimum atomic E-state index is -0.757. The summed E-state index contributed by atoms with van der Waals surface area (Å²) in [7, 11) is 0. The van der Waals surface area contributed by atoms with Gasteiger partial charge in [0.25, 0.3) is 5.91 Å². The number of pyridine rings is 1. The third-order valence-corrected chi connectivity index (χ3v) is 2.60. The van der Waals surface area contributed by atoms with Crippen molar-refractivity contribution < 1.29 is 13.6 Å². The second-order valence-electron chi connectivity index (χ2n) is 3.67. The molecule has 98 valence electrons. The quantitative estimate of drug-likeness (QED) is 0.890. The van der Waals surface area contributed by atoms with Crippen molar-refractivity contribution in [3.63, 3.8) is 0 Å². The lowest BCUT2D eigenvalue weighted by molar-refractivity contribution is 0.102. The first-order chi connectivity index (χ1) is 8.97. The van der Waals surface area contributed by atoms with E-state index in [2.05, 4.69) is 10.3 Å². The van der Waals surface area contributed by atoms with E-state index >= 15 is 0 Å². The lowest BCUT2D eigenvalue weighted by atomic mass is 10.2. The summed E-state index contributed by atoms with van der Waals surface area (Å²) in [5.74, 6) is -2.04. The Morgan fingerprint density at radius 3 is 2.79 bits per heavy atom. The number of benzene rings is 1. The molecule has 0 saturated heterocycles. The molecular formula is C12H8ClF2N3O. The van der Waals surface area contributed by atoms with Crippen molar-refractivity contribution in [3.05, 3.63) is 52.7 Å². The van der Waals surface area contributed by atoms with Gasteiger partial charge in [-0.3, -0.25) is 4.79 Å². The van der Waals surface area contributed by atoms with Crippen molar-refractivity contribution >= 4 is 29.0 Å². The Kier molecular flexibility index (Phi) is 3.62. The van der Waals surface area contributed by atoms with E-state index in [0.29, 0.717) is 0 Å². The molecule has 0 aliphatic rings. The fraction of sp³-hybridized carbons (Fsp3) is 0. The van der Waals surface area contributed by atoms with Crippen LogP contribution in [-0.4, -0.2) is 10.9 Å². The second kappa shape index (κ2) is 5.19. The molecule has 0 bridgehead atoms. The summed E-state index contributed by atoms with van der Waals surface area (Å²) in [5.41, 5.74) is 5.17. The molecule has 1 aromatic heterocycles. The van der Waals surface area contributed by atoms with Gasteiger partial charge in [0, 0.05) is 12.3 Å². The normalized spacial score (nSPS) is 10.3. The molecule has 1 heterocycles. The van der Waals surface area contributed by atoms with E-state index in [1.54, 1.807) is 0 Å². The van der Waals surface area contributed by atoms with Crippen molar-refractivity contribution in [2.45, 2.75) is 0 Å². The number of hydrogen-bond donors (Lipinski definition) is 2. The summed E-state index contributed by atoms with van der Waals surface area (Å²) < 4.78 is 26.3. The summed E-state index contributed by atoms with van der Waals surface area (Å²) in [4.78, 5) is 15.6. The minimum absolute atomic E-state index is 0.0258. The maximum Gasteiger partial charge on any atom is 0.257 e. The molecule has 0 spiro atoms. The number of amides is 1. The van der Waals surface area contributed by atoms with Crippen molar-refractivity contribution in [3.8, 4) is 0 Å². The van der Waals surface area contributed by atoms with E-state index in [9.17, 15) is 13.6 Å². The monoisotopic (exact) mass is 283 g/mol. The van der Waals surface area contributed by atoms with Crippen molar-refractivity contribution in [1.29, 1.82) is 0 Å². The van der Waals surface area contributed by atoms with Crippen LogP contribution >= 0.6 is 11.6 Å². The van der Waals surface area contributed by atoms with Crippen LogP contribution < -0.4 is 11.1 Å². The smallest absolute Gasteiger partial charge is 0.257 e. The van der Waals surface area contributed by atoms with Gasteiger partial charge in [-0.05, 0) is 18.2 Å². The Morgan fingerprint density at radius 2 is 2.05 bits per heavy atom. The van der Waals surface area contributed by atoms with Crippen LogP contribution in [0.15, 0.2) is 30.5 Å². The highest BCUT2D eigenvalue weighted by Crippen LogP contribution is 2.20. The lowest BCUT2D eigenvalue weighted by Crippen LogP contribution is -2.14. The molecule has 2 rings (SSSR count). The van der Waals surface area contributed by atoms with Crippen molar-refractivity contribution in [2.75, 3.05) is 11.1 Å². The third kappa shape index (κ3) is 2.97. The summed E-state index contributed by atoms with van der Waals surface area (Å²) in [5, 5.41) is 2.27. The van der Waals surface area contributed by atoms with Crippen LogP contribution in [0.4, 0.5) is 20.3 Å². The Morgan fingerprint density at radius 1 is 1.32 bits per heavy atom. The highest BCUT2D eigenvalue weighted by molar-refractivity contribution is 6.34. The van der Waals surface area contributed by atoms with Crippen LogP contribution in [0.5, 0.6) is 0 Å². The first-order valence-electron chi connectivity index (χ1n) is 5.15. The molecule has 0 radical (unpaired) electrons. The van der Waals surface area contributed by atoms with Gasteiger partial charge in [0.15, 0.2) is 0 Å². The van der Waals surface area contributed by atoms with E-state index in [1.807, 2.05) is 0 Å². The molecule has 0 fully saturated rings. The number of halogens is 3. The van der Waals surface area contributed by atoms with Gasteiger partial charge in [0.05, 0.1) is 16.3 Å². The molecule has 7 heteroatoms. The Bertz CT molecular complexity index is 649. The SMILES string of the molecule is Nc1cc(C(=O)Nc2cc(F)ccc2F)c(Cl)cn1. The highest BCUT2D eigenvalue weighted by atomic mass is 35.5. The summed E-state index contributed by atoms with van der Waals surface area (Å²) in [6.07, 6.45) is 1.20. The first-order valence-corrected chi connectivity index (χ1v) is 5.52. The van der Waals surface area contributed by atoms with Crippen molar-refractivity contribution in [1.82, 2.24) is 4.98 Å². The van der Waals surface area contributed by atoms with Gasteiger partial charge in [-0.15, -0.1) is 0 Å². The third-order valence-electron chi connectivity index (χ3n) is 2.30. The average molecular weight is 284 g/mol. The molecule has 19 heavy (non-hydrogen) atoms. The molecule has 0 atom stereocenters. The average Bonchev–Trinajstić information content (AvgIpc) is 2.36. The maximum atomic E-state index is 13.4. The van der Waals surface area contributed by atoms with E-state index in [4.69, 9.17) is 17.3 Å². The number of anilines is 2. The number of aromatic nitrogens is 1. The zero-order valence-corrected chi connectivity index (χ0v) is 10.2. The van der Waals surface area contributed by atoms with Gasteiger partial charge in [0.1, 0.15) is 17.5 Å². The summed E-state index contributed by atoms with van der Waals surface area (Å²) in [6.45, 7) is 0. The minimum Gasteiger partial charge on any atom is -0.384 e. The molecule has 0 aliphatic carbocycles. The zero-order chi connectivity index (χ0) is 14.0. The molecule has 3 N–H and O–H groups in total. The van der Waals surface area contributed by atoms with E-state index in [0.717, 1.165) is 18.2 Å². The van der Waals surface area contributed by atoms with Crippen LogP contribution in [0.25, 0.3) is 0 Å². The Hall–Kier alpha value is -2.21. The molecule has 1 aromatic carbocycles. The molecule has 0 aliphatic heterocycles. The maximum absolute atomic E-state index is 13.4. The number of hydrogen-bond acceptors (Lipinski definition) is 3. The Labute approximate surface area is 112 Å². The highest BCUT2D eigenvalue weighted by Gasteiger charge is 2.14. The molecule has 0 unspecified atom stereocenters. The van der Waals surface area contributed by atoms with E-state index in [-0.39, 0.29) is 22.1 Å². The van der Waals surface area contributed by atoms with Gasteiger partial charge >= 0.3 is 0 Å². The van der Waals surface area contributed by atoms with Crippen molar-refractivity contribution in [2.24, 2.45) is 0 Å². The van der Waals surface area contributed by atoms with Gasteiger partial charge in [-0.25, -0.2) is 13.8 Å². The number of nitrogen functional groups attached to an aromatic ring is 1. The van der Waals surface area contributed by atoms with Crippen LogP contribution in [0.2, 0.25) is 5.02 Å². The van der Waals surface area contributed by atoms with Crippen LogP contribution in [0, 0.1) is 11.6 Å². The predicted octanol–water partition coefficient (Wildman–Crippen LogP) is 2.85. The molecular weight excluding hydrogens is 276 g/mol. The number of carbonyl (C=O) groups excluding carboxylic acids is 1. The standard InChI is InChI=1S/C12H8ClF2N3O/c13-8-5-17-11(16)4-7(8)12(19)18-10-3-6(14)1-2-9(10)15/h1-5H,(H2,16,17)(H,18,19). The van der Waals surface area contributed by atoms with Crippen LogP contribution in [0.1, 0.15) is 10.4 Å². The fourth-order valence-electron chi connectivity index (χ4n) is 1.41. The van der Waals surface area contributed by atoms with Crippen LogP contribution in [-0.2, 0) is 0 Å². The predicted molar refractivity (Wildman–Crippen MR) is 68.0 cm³/mol. The summed E-state index contributed by atoms with van der Waals surface area (Å²) >= 11 is 5.78. The summed E-state index contributed by atoms with van der Waals surface area (Å²) in [6, 6.07) is 3.97. The zero-order valence-electron chi connectivity index (χ0n) is 9.45. The van der Waals surface area contributed by atoms with Crippen LogP contribution in [0.3, 0.4) is 0 Å². The van der Waals surface area contributed by atoms with Gasteiger partial charge < -0.3 is 11.1 Å². The number of carbonyl (C=O) groups is 1. The molecule has 2 aromatic rings. The molecule has 4 nitrogen and oxygen atoms in total. The van der Waals surface area contributed by atoms with E-state index in [1.165, 1.54) is 12.3 Å². The van der Waals surface area contributed by atoms with Gasteiger partial charge in [0.2, 0.25) is 0 Å². The number of nitrogens with two attached hydrogens (primary N) is 1. The number of nitrogens with one attached hydrogen (secondary N) is 1. The Balaban J connectivity index is 2.30. The topological polar surface area (TPSA) is 68.0 Å². The molecule has 1 amide bonds. The fourth-order valence-corrected chi connectivity index (χ4v) is 1.60. The van der Waals surface area contributed by atoms with Gasteiger partial charge in [-0.2, -0.15) is 0 Å². The van der Waals surface area contributed by atoms with E-state index < -0.39 is 17.5 Å². The largest absolute Gasteiger partial charge is 0.384 e.